The maximum atomic E-state index is 12.1. The van der Waals surface area contributed by atoms with Crippen molar-refractivity contribution in [2.24, 2.45) is 10.9 Å². The Morgan fingerprint density at radius 2 is 1.77 bits per heavy atom. The van der Waals surface area contributed by atoms with Gasteiger partial charge in [0, 0.05) is 26.2 Å². The van der Waals surface area contributed by atoms with E-state index in [2.05, 4.69) is 20.5 Å². The number of piperidine rings is 1. The van der Waals surface area contributed by atoms with Crippen LogP contribution in [0.3, 0.4) is 0 Å². The van der Waals surface area contributed by atoms with E-state index in [1.54, 1.807) is 7.05 Å². The molecular formula is C18H33IN4O3. The molecule has 0 aromatic carbocycles. The zero-order valence-electron chi connectivity index (χ0n) is 16.0. The third-order valence-electron chi connectivity index (χ3n) is 5.00. The molecule has 0 bridgehead atoms. The number of hydrogen-bond acceptors (Lipinski definition) is 4. The molecule has 2 N–H and O–H groups in total. The molecule has 0 radical (unpaired) electrons. The van der Waals surface area contributed by atoms with Crippen LogP contribution >= 0.6 is 24.0 Å². The molecule has 150 valence electrons. The number of carbonyl (C=O) groups excluding carboxylic acids is 2. The molecule has 1 saturated heterocycles. The summed E-state index contributed by atoms with van der Waals surface area (Å²) in [6.45, 7) is 3.98. The summed E-state index contributed by atoms with van der Waals surface area (Å²) in [7, 11) is 1.72. The van der Waals surface area contributed by atoms with Gasteiger partial charge < -0.3 is 20.3 Å². The third kappa shape index (κ3) is 7.28. The number of guanidine groups is 1. The van der Waals surface area contributed by atoms with E-state index in [9.17, 15) is 9.59 Å². The molecule has 1 amide bonds. The number of aliphatic imine (C=N–C) groups is 1. The average molecular weight is 480 g/mol. The van der Waals surface area contributed by atoms with E-state index in [4.69, 9.17) is 4.74 Å². The molecular weight excluding hydrogens is 447 g/mol. The Morgan fingerprint density at radius 3 is 2.35 bits per heavy atom. The SMILES string of the molecule is CCOC(=O)C1CCN(C(=NC)NCC(=O)NC2CCCCC2)CC1.I. The molecule has 7 nitrogen and oxygen atoms in total. The van der Waals surface area contributed by atoms with Gasteiger partial charge in [0.1, 0.15) is 0 Å². The number of ether oxygens (including phenoxy) is 1. The molecule has 1 aliphatic heterocycles. The van der Waals surface area contributed by atoms with Crippen LogP contribution in [0.15, 0.2) is 4.99 Å². The normalized spacial score (nSPS) is 19.5. The van der Waals surface area contributed by atoms with Crippen molar-refractivity contribution in [3.05, 3.63) is 0 Å². The van der Waals surface area contributed by atoms with Crippen LogP contribution in [0.2, 0.25) is 0 Å². The van der Waals surface area contributed by atoms with E-state index < -0.39 is 0 Å². The molecule has 1 aliphatic carbocycles. The molecule has 26 heavy (non-hydrogen) atoms. The van der Waals surface area contributed by atoms with Gasteiger partial charge in [-0.15, -0.1) is 24.0 Å². The lowest BCUT2D eigenvalue weighted by Crippen LogP contribution is -2.50. The van der Waals surface area contributed by atoms with Gasteiger partial charge in [0.15, 0.2) is 5.96 Å². The van der Waals surface area contributed by atoms with E-state index in [1.807, 2.05) is 6.92 Å². The highest BCUT2D eigenvalue weighted by molar-refractivity contribution is 14.0. The van der Waals surface area contributed by atoms with E-state index in [0.29, 0.717) is 12.6 Å². The predicted molar refractivity (Wildman–Crippen MR) is 113 cm³/mol. The molecule has 2 aliphatic rings. The lowest BCUT2D eigenvalue weighted by Gasteiger charge is -2.33. The maximum Gasteiger partial charge on any atom is 0.309 e. The van der Waals surface area contributed by atoms with Crippen LogP contribution in [0.5, 0.6) is 0 Å². The van der Waals surface area contributed by atoms with Gasteiger partial charge in [0.2, 0.25) is 5.91 Å². The van der Waals surface area contributed by atoms with Crippen LogP contribution in [0, 0.1) is 5.92 Å². The first kappa shape index (κ1) is 23.0. The highest BCUT2D eigenvalue weighted by Gasteiger charge is 2.27. The Morgan fingerprint density at radius 1 is 1.12 bits per heavy atom. The number of halogens is 1. The van der Waals surface area contributed by atoms with Crippen LogP contribution in [0.25, 0.3) is 0 Å². The van der Waals surface area contributed by atoms with Gasteiger partial charge in [-0.05, 0) is 32.6 Å². The topological polar surface area (TPSA) is 83.0 Å². The molecule has 0 unspecified atom stereocenters. The van der Waals surface area contributed by atoms with Crippen LogP contribution in [0.1, 0.15) is 51.9 Å². The first-order valence-electron chi connectivity index (χ1n) is 9.55. The monoisotopic (exact) mass is 480 g/mol. The predicted octanol–water partition coefficient (Wildman–Crippen LogP) is 1.90. The Labute approximate surface area is 173 Å². The summed E-state index contributed by atoms with van der Waals surface area (Å²) in [6, 6.07) is 0.324. The van der Waals surface area contributed by atoms with Crippen molar-refractivity contribution in [3.8, 4) is 0 Å². The van der Waals surface area contributed by atoms with Gasteiger partial charge >= 0.3 is 5.97 Å². The van der Waals surface area contributed by atoms with Gasteiger partial charge in [0.05, 0.1) is 19.1 Å². The first-order chi connectivity index (χ1) is 12.1. The van der Waals surface area contributed by atoms with Crippen molar-refractivity contribution in [1.82, 2.24) is 15.5 Å². The molecule has 0 aromatic heterocycles. The number of hydrogen-bond donors (Lipinski definition) is 2. The van der Waals surface area contributed by atoms with Crippen molar-refractivity contribution in [1.29, 1.82) is 0 Å². The average Bonchev–Trinajstić information content (AvgIpc) is 2.64. The van der Waals surface area contributed by atoms with Crippen molar-refractivity contribution in [2.45, 2.75) is 57.9 Å². The number of esters is 1. The fraction of sp³-hybridized carbons (Fsp3) is 0.833. The quantitative estimate of drug-likeness (QED) is 0.272. The van der Waals surface area contributed by atoms with Crippen LogP contribution in [0.4, 0.5) is 0 Å². The van der Waals surface area contributed by atoms with Crippen LogP contribution in [-0.2, 0) is 14.3 Å². The van der Waals surface area contributed by atoms with Gasteiger partial charge in [-0.1, -0.05) is 19.3 Å². The summed E-state index contributed by atoms with van der Waals surface area (Å²) in [4.78, 5) is 30.3. The summed E-state index contributed by atoms with van der Waals surface area (Å²) in [5.74, 6) is 0.622. The van der Waals surface area contributed by atoms with Crippen molar-refractivity contribution in [3.63, 3.8) is 0 Å². The van der Waals surface area contributed by atoms with Crippen molar-refractivity contribution >= 4 is 41.8 Å². The van der Waals surface area contributed by atoms with Crippen molar-refractivity contribution in [2.75, 3.05) is 33.3 Å². The highest BCUT2D eigenvalue weighted by Crippen LogP contribution is 2.19. The number of nitrogens with zero attached hydrogens (tertiary/aromatic N) is 2. The molecule has 0 atom stereocenters. The minimum atomic E-state index is -0.100. The number of amides is 1. The number of rotatable bonds is 5. The molecule has 1 heterocycles. The Bertz CT molecular complexity index is 473. The number of nitrogens with one attached hydrogen (secondary N) is 2. The van der Waals surface area contributed by atoms with E-state index in [-0.39, 0.29) is 48.3 Å². The Hall–Kier alpha value is -1.06. The minimum Gasteiger partial charge on any atom is -0.466 e. The molecule has 2 fully saturated rings. The second-order valence-electron chi connectivity index (χ2n) is 6.82. The molecule has 0 aromatic rings. The number of carbonyl (C=O) groups is 2. The Kier molecular flexibility index (Phi) is 10.9. The van der Waals surface area contributed by atoms with Gasteiger partial charge in [-0.2, -0.15) is 0 Å². The Balaban J connectivity index is 0.00000338. The molecule has 2 rings (SSSR count). The van der Waals surface area contributed by atoms with Crippen molar-refractivity contribution < 1.29 is 14.3 Å². The summed E-state index contributed by atoms with van der Waals surface area (Å²) in [5.41, 5.74) is 0. The molecule has 1 saturated carbocycles. The summed E-state index contributed by atoms with van der Waals surface area (Å²) in [5, 5.41) is 6.25. The zero-order valence-corrected chi connectivity index (χ0v) is 18.3. The summed E-state index contributed by atoms with van der Waals surface area (Å²) >= 11 is 0. The van der Waals surface area contributed by atoms with Crippen LogP contribution < -0.4 is 10.6 Å². The fourth-order valence-electron chi connectivity index (χ4n) is 3.60. The second kappa shape index (κ2) is 12.3. The first-order valence-corrected chi connectivity index (χ1v) is 9.55. The van der Waals surface area contributed by atoms with E-state index >= 15 is 0 Å². The number of likely N-dealkylation sites (tertiary alicyclic amines) is 1. The lowest BCUT2D eigenvalue weighted by molar-refractivity contribution is -0.149. The summed E-state index contributed by atoms with van der Waals surface area (Å²) < 4.78 is 5.10. The largest absolute Gasteiger partial charge is 0.466 e. The van der Waals surface area contributed by atoms with E-state index in [1.165, 1.54) is 19.3 Å². The second-order valence-corrected chi connectivity index (χ2v) is 6.82. The van der Waals surface area contributed by atoms with Gasteiger partial charge in [-0.25, -0.2) is 0 Å². The van der Waals surface area contributed by atoms with Gasteiger partial charge in [-0.3, -0.25) is 14.6 Å². The standard InChI is InChI=1S/C18H32N4O3.HI/c1-3-25-17(24)14-9-11-22(12-10-14)18(19-2)20-13-16(23)21-15-7-5-4-6-8-15;/h14-15H,3-13H2,1-2H3,(H,19,20)(H,21,23);1H. The zero-order chi connectivity index (χ0) is 18.1. The maximum absolute atomic E-state index is 12.1. The molecule has 8 heteroatoms. The molecule has 0 spiro atoms. The van der Waals surface area contributed by atoms with E-state index in [0.717, 1.165) is 44.7 Å². The smallest absolute Gasteiger partial charge is 0.309 e. The van der Waals surface area contributed by atoms with Gasteiger partial charge in [0.25, 0.3) is 0 Å². The fourth-order valence-corrected chi connectivity index (χ4v) is 3.60. The lowest BCUT2D eigenvalue weighted by atomic mass is 9.95. The minimum absolute atomic E-state index is 0. The summed E-state index contributed by atoms with van der Waals surface area (Å²) in [6.07, 6.45) is 7.37. The third-order valence-corrected chi connectivity index (χ3v) is 5.00. The highest BCUT2D eigenvalue weighted by atomic mass is 127. The van der Waals surface area contributed by atoms with Crippen LogP contribution in [-0.4, -0.2) is 62.1 Å².